The van der Waals surface area contributed by atoms with Crippen molar-refractivity contribution in [1.82, 2.24) is 4.90 Å². The average Bonchev–Trinajstić information content (AvgIpc) is 2.55. The van der Waals surface area contributed by atoms with Gasteiger partial charge >= 0.3 is 0 Å². The first-order valence-corrected chi connectivity index (χ1v) is 9.41. The van der Waals surface area contributed by atoms with Gasteiger partial charge in [-0.15, -0.1) is 11.8 Å². The Morgan fingerprint density at radius 1 is 1.14 bits per heavy atom. The van der Waals surface area contributed by atoms with Crippen LogP contribution >= 0.6 is 11.8 Å². The summed E-state index contributed by atoms with van der Waals surface area (Å²) >= 11 is 1.72. The van der Waals surface area contributed by atoms with E-state index >= 15 is 0 Å². The molecule has 2 unspecified atom stereocenters. The molecule has 2 atom stereocenters. The number of piperidine rings is 1. The van der Waals surface area contributed by atoms with E-state index in [-0.39, 0.29) is 5.78 Å². The van der Waals surface area contributed by atoms with Crippen LogP contribution < -0.4 is 0 Å². The molecule has 1 aromatic rings. The van der Waals surface area contributed by atoms with Crippen LogP contribution in [0.3, 0.4) is 0 Å². The van der Waals surface area contributed by atoms with Gasteiger partial charge in [-0.3, -0.25) is 9.69 Å². The molecule has 0 N–H and O–H groups in total. The van der Waals surface area contributed by atoms with Gasteiger partial charge in [-0.2, -0.15) is 0 Å². The summed E-state index contributed by atoms with van der Waals surface area (Å²) in [5, 5.41) is 0. The average molecular weight is 303 g/mol. The maximum absolute atomic E-state index is 12.5. The second-order valence-electron chi connectivity index (χ2n) is 6.38. The minimum Gasteiger partial charge on any atom is -0.293 e. The lowest BCUT2D eigenvalue weighted by Crippen LogP contribution is -2.48. The third-order valence-electron chi connectivity index (χ3n) is 5.12. The Morgan fingerprint density at radius 3 is 2.62 bits per heavy atom. The molecule has 0 spiro atoms. The SMILES string of the molecule is CSc1ccc(C(=O)CN2CCCC3CCCCC32)cc1. The van der Waals surface area contributed by atoms with E-state index in [0.29, 0.717) is 12.6 Å². The minimum absolute atomic E-state index is 0.286. The minimum atomic E-state index is 0.286. The van der Waals surface area contributed by atoms with E-state index in [9.17, 15) is 4.79 Å². The van der Waals surface area contributed by atoms with Crippen molar-refractivity contribution in [1.29, 1.82) is 0 Å². The standard InChI is InChI=1S/C18H25NOS/c1-21-16-10-8-15(9-11-16)18(20)13-19-12-4-6-14-5-2-3-7-17(14)19/h8-11,14,17H,2-7,12-13H2,1H3. The molecule has 114 valence electrons. The van der Waals surface area contributed by atoms with Crippen LogP contribution in [0.15, 0.2) is 29.2 Å². The molecule has 1 aromatic carbocycles. The van der Waals surface area contributed by atoms with E-state index in [1.165, 1.54) is 43.4 Å². The Labute approximate surface area is 132 Å². The number of carbonyl (C=O) groups is 1. The second kappa shape index (κ2) is 6.97. The van der Waals surface area contributed by atoms with Gasteiger partial charge in [0.15, 0.2) is 5.78 Å². The van der Waals surface area contributed by atoms with E-state index < -0.39 is 0 Å². The van der Waals surface area contributed by atoms with E-state index in [4.69, 9.17) is 0 Å². The van der Waals surface area contributed by atoms with E-state index in [2.05, 4.69) is 23.3 Å². The highest BCUT2D eigenvalue weighted by Crippen LogP contribution is 2.35. The molecule has 3 rings (SSSR count). The van der Waals surface area contributed by atoms with Crippen LogP contribution in [0.5, 0.6) is 0 Å². The van der Waals surface area contributed by atoms with Crippen LogP contribution in [0.25, 0.3) is 0 Å². The van der Waals surface area contributed by atoms with Crippen molar-refractivity contribution in [3.8, 4) is 0 Å². The van der Waals surface area contributed by atoms with E-state index in [1.54, 1.807) is 11.8 Å². The number of Topliss-reactive ketones (excluding diaryl/α,β-unsaturated/α-hetero) is 1. The lowest BCUT2D eigenvalue weighted by molar-refractivity contribution is 0.0539. The van der Waals surface area contributed by atoms with Crippen LogP contribution in [0, 0.1) is 5.92 Å². The number of hydrogen-bond acceptors (Lipinski definition) is 3. The zero-order valence-electron chi connectivity index (χ0n) is 12.9. The van der Waals surface area contributed by atoms with Gasteiger partial charge in [0.1, 0.15) is 0 Å². The number of rotatable bonds is 4. The molecule has 0 radical (unpaired) electrons. The lowest BCUT2D eigenvalue weighted by atomic mass is 9.78. The molecule has 2 aliphatic rings. The van der Waals surface area contributed by atoms with Gasteiger partial charge in [0.2, 0.25) is 0 Å². The molecule has 2 fully saturated rings. The van der Waals surface area contributed by atoms with Crippen molar-refractivity contribution in [2.45, 2.75) is 49.5 Å². The summed E-state index contributed by atoms with van der Waals surface area (Å²) in [6.45, 7) is 1.72. The number of ketones is 1. The van der Waals surface area contributed by atoms with Gasteiger partial charge in [0.25, 0.3) is 0 Å². The highest BCUT2D eigenvalue weighted by Gasteiger charge is 2.33. The molecule has 1 saturated heterocycles. The molecule has 1 saturated carbocycles. The van der Waals surface area contributed by atoms with Gasteiger partial charge < -0.3 is 0 Å². The number of thioether (sulfide) groups is 1. The number of benzene rings is 1. The van der Waals surface area contributed by atoms with E-state index in [1.807, 2.05) is 12.1 Å². The molecule has 1 aliphatic carbocycles. The Balaban J connectivity index is 1.65. The molecular weight excluding hydrogens is 278 g/mol. The predicted octanol–water partition coefficient (Wildman–Crippen LogP) is 4.25. The van der Waals surface area contributed by atoms with Gasteiger partial charge in [-0.25, -0.2) is 0 Å². The largest absolute Gasteiger partial charge is 0.293 e. The summed E-state index contributed by atoms with van der Waals surface area (Å²) in [4.78, 5) is 16.2. The molecule has 0 bridgehead atoms. The normalized spacial score (nSPS) is 26.3. The van der Waals surface area contributed by atoms with Gasteiger partial charge in [0.05, 0.1) is 6.54 Å². The second-order valence-corrected chi connectivity index (χ2v) is 7.26. The summed E-state index contributed by atoms with van der Waals surface area (Å²) in [7, 11) is 0. The predicted molar refractivity (Wildman–Crippen MR) is 89.1 cm³/mol. The molecule has 2 nitrogen and oxygen atoms in total. The highest BCUT2D eigenvalue weighted by molar-refractivity contribution is 7.98. The number of hydrogen-bond donors (Lipinski definition) is 0. The third-order valence-corrected chi connectivity index (χ3v) is 5.86. The van der Waals surface area contributed by atoms with Crippen LogP contribution in [0.4, 0.5) is 0 Å². The number of nitrogens with zero attached hydrogens (tertiary/aromatic N) is 1. The van der Waals surface area contributed by atoms with Crippen molar-refractivity contribution in [2.24, 2.45) is 5.92 Å². The quantitative estimate of drug-likeness (QED) is 0.613. The van der Waals surface area contributed by atoms with Crippen LogP contribution in [-0.4, -0.2) is 36.1 Å². The molecule has 0 aromatic heterocycles. The molecule has 3 heteroatoms. The summed E-state index contributed by atoms with van der Waals surface area (Å²) in [6, 6.07) is 8.74. The zero-order valence-corrected chi connectivity index (χ0v) is 13.7. The lowest BCUT2D eigenvalue weighted by Gasteiger charge is -2.43. The fourth-order valence-electron chi connectivity index (χ4n) is 3.98. The Hall–Kier alpha value is -0.800. The fourth-order valence-corrected chi connectivity index (χ4v) is 4.39. The molecule has 1 heterocycles. The Morgan fingerprint density at radius 2 is 1.86 bits per heavy atom. The number of fused-ring (bicyclic) bond motifs is 1. The van der Waals surface area contributed by atoms with Gasteiger partial charge in [0, 0.05) is 16.5 Å². The van der Waals surface area contributed by atoms with Crippen molar-refractivity contribution < 1.29 is 4.79 Å². The van der Waals surface area contributed by atoms with Crippen molar-refractivity contribution in [2.75, 3.05) is 19.3 Å². The summed E-state index contributed by atoms with van der Waals surface area (Å²) in [5.74, 6) is 1.13. The van der Waals surface area contributed by atoms with Crippen molar-refractivity contribution in [3.63, 3.8) is 0 Å². The smallest absolute Gasteiger partial charge is 0.176 e. The molecule has 21 heavy (non-hydrogen) atoms. The summed E-state index contributed by atoms with van der Waals surface area (Å²) < 4.78 is 0. The first-order valence-electron chi connectivity index (χ1n) is 8.19. The monoisotopic (exact) mass is 303 g/mol. The Kier molecular flexibility index (Phi) is 5.02. The van der Waals surface area contributed by atoms with E-state index in [0.717, 1.165) is 18.0 Å². The van der Waals surface area contributed by atoms with Gasteiger partial charge in [-0.05, 0) is 56.5 Å². The maximum atomic E-state index is 12.5. The topological polar surface area (TPSA) is 20.3 Å². The highest BCUT2D eigenvalue weighted by atomic mass is 32.2. The molecule has 0 amide bonds. The van der Waals surface area contributed by atoms with Crippen LogP contribution in [0.2, 0.25) is 0 Å². The van der Waals surface area contributed by atoms with Gasteiger partial charge in [-0.1, -0.05) is 25.0 Å². The fraction of sp³-hybridized carbons (Fsp3) is 0.611. The zero-order chi connectivity index (χ0) is 14.7. The third kappa shape index (κ3) is 3.51. The van der Waals surface area contributed by atoms with Crippen LogP contribution in [0.1, 0.15) is 48.9 Å². The number of likely N-dealkylation sites (tertiary alicyclic amines) is 1. The first-order chi connectivity index (χ1) is 10.3. The summed E-state index contributed by atoms with van der Waals surface area (Å²) in [6.07, 6.45) is 10.1. The first kappa shape index (κ1) is 15.1. The maximum Gasteiger partial charge on any atom is 0.176 e. The van der Waals surface area contributed by atoms with Crippen molar-refractivity contribution >= 4 is 17.5 Å². The number of carbonyl (C=O) groups excluding carboxylic acids is 1. The Bertz CT molecular complexity index is 482. The molecule has 1 aliphatic heterocycles. The molecular formula is C18H25NOS. The summed E-state index contributed by atoms with van der Waals surface area (Å²) in [5.41, 5.74) is 0.866. The van der Waals surface area contributed by atoms with Crippen LogP contribution in [-0.2, 0) is 0 Å². The van der Waals surface area contributed by atoms with Crippen molar-refractivity contribution in [3.05, 3.63) is 29.8 Å².